The zero-order valence-electron chi connectivity index (χ0n) is 16.0. The molecule has 10 heteroatoms. The van der Waals surface area contributed by atoms with E-state index in [1.165, 1.54) is 12.1 Å². The van der Waals surface area contributed by atoms with Crippen LogP contribution in [0.5, 0.6) is 5.75 Å². The zero-order valence-corrected chi connectivity index (χ0v) is 16.8. The van der Waals surface area contributed by atoms with Crippen LogP contribution in [0.4, 0.5) is 17.1 Å². The van der Waals surface area contributed by atoms with Crippen molar-refractivity contribution in [2.75, 3.05) is 31.4 Å². The molecule has 0 fully saturated rings. The van der Waals surface area contributed by atoms with E-state index < -0.39 is 18.3 Å². The molecule has 0 saturated heterocycles. The Hall–Kier alpha value is -2.61. The van der Waals surface area contributed by atoms with E-state index in [9.17, 15) is 14.7 Å². The van der Waals surface area contributed by atoms with Crippen LogP contribution in [0, 0.1) is 10.1 Å². The van der Waals surface area contributed by atoms with Crippen LogP contribution in [0.3, 0.4) is 0 Å². The van der Waals surface area contributed by atoms with Gasteiger partial charge in [-0.3, -0.25) is 14.7 Å². The Morgan fingerprint density at radius 3 is 2.25 bits per heavy atom. The fourth-order valence-electron chi connectivity index (χ4n) is 2.63. The molecule has 0 spiro atoms. The lowest BCUT2D eigenvalue weighted by atomic mass is 10.2. The molecule has 0 aliphatic rings. The summed E-state index contributed by atoms with van der Waals surface area (Å²) in [7, 11) is -2.10. The SMILES string of the molecule is CCOP(=O)(OCC)[C@@H](Nc1ccc(N)c([N+](=O)[O-])c1)c1ccc(OC)cc1. The van der Waals surface area contributed by atoms with Crippen molar-refractivity contribution in [2.45, 2.75) is 19.6 Å². The number of nitro benzene ring substituents is 1. The second-order valence-corrected chi connectivity index (χ2v) is 7.84. The van der Waals surface area contributed by atoms with Crippen LogP contribution >= 0.6 is 7.60 Å². The van der Waals surface area contributed by atoms with Crippen LogP contribution < -0.4 is 15.8 Å². The van der Waals surface area contributed by atoms with Crippen LogP contribution in [0.2, 0.25) is 0 Å². The highest BCUT2D eigenvalue weighted by atomic mass is 31.2. The summed E-state index contributed by atoms with van der Waals surface area (Å²) in [6.45, 7) is 3.77. The Balaban J connectivity index is 2.49. The predicted octanol–water partition coefficient (Wildman–Crippen LogP) is 4.56. The van der Waals surface area contributed by atoms with Crippen molar-refractivity contribution in [3.05, 3.63) is 58.1 Å². The number of hydrogen-bond donors (Lipinski definition) is 2. The molecule has 0 unspecified atom stereocenters. The molecular formula is C18H24N3O6P. The van der Waals surface area contributed by atoms with Gasteiger partial charge in [-0.1, -0.05) is 12.1 Å². The topological polar surface area (TPSA) is 126 Å². The average molecular weight is 409 g/mol. The van der Waals surface area contributed by atoms with E-state index in [0.717, 1.165) is 0 Å². The summed E-state index contributed by atoms with van der Waals surface area (Å²) in [6.07, 6.45) is 0. The van der Waals surface area contributed by atoms with E-state index in [1.807, 2.05) is 0 Å². The number of methoxy groups -OCH3 is 1. The van der Waals surface area contributed by atoms with E-state index in [4.69, 9.17) is 19.5 Å². The number of nitrogens with zero attached hydrogens (tertiary/aromatic N) is 1. The Labute approximate surface area is 163 Å². The third-order valence-corrected chi connectivity index (χ3v) is 6.19. The third kappa shape index (κ3) is 5.01. The van der Waals surface area contributed by atoms with Gasteiger partial charge in [-0.15, -0.1) is 0 Å². The van der Waals surface area contributed by atoms with E-state index >= 15 is 0 Å². The van der Waals surface area contributed by atoms with E-state index in [2.05, 4.69) is 5.32 Å². The highest BCUT2D eigenvalue weighted by Crippen LogP contribution is 2.61. The molecule has 0 aliphatic heterocycles. The minimum absolute atomic E-state index is 0.0364. The van der Waals surface area contributed by atoms with Crippen molar-refractivity contribution in [3.8, 4) is 5.75 Å². The molecule has 2 aromatic rings. The minimum atomic E-state index is -3.64. The highest BCUT2D eigenvalue weighted by Gasteiger charge is 2.37. The number of rotatable bonds is 10. The minimum Gasteiger partial charge on any atom is -0.497 e. The first kappa shape index (κ1) is 21.7. The molecule has 2 aromatic carbocycles. The van der Waals surface area contributed by atoms with E-state index in [-0.39, 0.29) is 24.6 Å². The number of nitrogen functional groups attached to an aromatic ring is 1. The molecule has 0 aromatic heterocycles. The van der Waals surface area contributed by atoms with Gasteiger partial charge in [0.05, 0.1) is 25.2 Å². The normalized spacial score (nSPS) is 12.4. The monoisotopic (exact) mass is 409 g/mol. The first-order valence-electron chi connectivity index (χ1n) is 8.67. The molecular weight excluding hydrogens is 385 g/mol. The van der Waals surface area contributed by atoms with Crippen LogP contribution in [0.25, 0.3) is 0 Å². The Kier molecular flexibility index (Phi) is 7.39. The number of anilines is 2. The van der Waals surface area contributed by atoms with Crippen LogP contribution in [0.15, 0.2) is 42.5 Å². The summed E-state index contributed by atoms with van der Waals surface area (Å²) in [5.74, 6) is -0.255. The second-order valence-electron chi connectivity index (χ2n) is 5.73. The number of nitrogens with two attached hydrogens (primary N) is 1. The summed E-state index contributed by atoms with van der Waals surface area (Å²) in [5.41, 5.74) is 6.42. The molecule has 0 bridgehead atoms. The van der Waals surface area contributed by atoms with Gasteiger partial charge in [-0.05, 0) is 43.7 Å². The summed E-state index contributed by atoms with van der Waals surface area (Å²) in [4.78, 5) is 10.6. The van der Waals surface area contributed by atoms with Gasteiger partial charge in [0, 0.05) is 11.8 Å². The molecule has 0 saturated carbocycles. The average Bonchev–Trinajstić information content (AvgIpc) is 2.67. The highest BCUT2D eigenvalue weighted by molar-refractivity contribution is 7.54. The largest absolute Gasteiger partial charge is 0.497 e. The van der Waals surface area contributed by atoms with Gasteiger partial charge in [0.2, 0.25) is 0 Å². The number of benzene rings is 2. The molecule has 0 radical (unpaired) electrons. The van der Waals surface area contributed by atoms with Crippen molar-refractivity contribution in [2.24, 2.45) is 0 Å². The summed E-state index contributed by atoms with van der Waals surface area (Å²) < 4.78 is 29.6. The molecule has 152 valence electrons. The molecule has 0 aliphatic carbocycles. The summed E-state index contributed by atoms with van der Waals surface area (Å²) >= 11 is 0. The molecule has 0 heterocycles. The van der Waals surface area contributed by atoms with Crippen LogP contribution in [-0.4, -0.2) is 25.2 Å². The number of ether oxygens (including phenoxy) is 1. The molecule has 2 rings (SSSR count). The number of nitrogens with one attached hydrogen (secondary N) is 1. The van der Waals surface area contributed by atoms with E-state index in [1.54, 1.807) is 51.3 Å². The number of hydrogen-bond acceptors (Lipinski definition) is 8. The van der Waals surface area contributed by atoms with Gasteiger partial charge in [-0.2, -0.15) is 0 Å². The first-order valence-corrected chi connectivity index (χ1v) is 10.3. The smallest absolute Gasteiger partial charge is 0.357 e. The molecule has 1 atom stereocenters. The lowest BCUT2D eigenvalue weighted by Gasteiger charge is -2.28. The van der Waals surface area contributed by atoms with Crippen molar-refractivity contribution in [1.29, 1.82) is 0 Å². The maximum absolute atomic E-state index is 13.5. The van der Waals surface area contributed by atoms with Gasteiger partial charge in [-0.25, -0.2) is 0 Å². The fraction of sp³-hybridized carbons (Fsp3) is 0.333. The number of nitro groups is 1. The quantitative estimate of drug-likeness (QED) is 0.253. The molecule has 0 amide bonds. The molecule has 28 heavy (non-hydrogen) atoms. The van der Waals surface area contributed by atoms with Crippen molar-refractivity contribution < 1.29 is 23.3 Å². The summed E-state index contributed by atoms with van der Waals surface area (Å²) in [5, 5.41) is 14.2. The zero-order chi connectivity index (χ0) is 20.7. The maximum atomic E-state index is 13.5. The van der Waals surface area contributed by atoms with Crippen LogP contribution in [0.1, 0.15) is 25.2 Å². The Morgan fingerprint density at radius 2 is 1.75 bits per heavy atom. The van der Waals surface area contributed by atoms with Gasteiger partial charge in [0.15, 0.2) is 5.78 Å². The van der Waals surface area contributed by atoms with Crippen molar-refractivity contribution in [1.82, 2.24) is 0 Å². The van der Waals surface area contributed by atoms with Gasteiger partial charge >= 0.3 is 7.60 Å². The van der Waals surface area contributed by atoms with Gasteiger partial charge < -0.3 is 24.8 Å². The van der Waals surface area contributed by atoms with Gasteiger partial charge in [0.25, 0.3) is 5.69 Å². The molecule has 9 nitrogen and oxygen atoms in total. The molecule has 3 N–H and O–H groups in total. The van der Waals surface area contributed by atoms with Crippen molar-refractivity contribution >= 4 is 24.7 Å². The Morgan fingerprint density at radius 1 is 1.14 bits per heavy atom. The summed E-state index contributed by atoms with van der Waals surface area (Å²) in [6, 6.07) is 11.2. The lowest BCUT2D eigenvalue weighted by Crippen LogP contribution is -2.15. The van der Waals surface area contributed by atoms with E-state index in [0.29, 0.717) is 17.0 Å². The lowest BCUT2D eigenvalue weighted by molar-refractivity contribution is -0.383. The van der Waals surface area contributed by atoms with Crippen molar-refractivity contribution in [3.63, 3.8) is 0 Å². The second kappa shape index (κ2) is 9.54. The Bertz CT molecular complexity index is 849. The third-order valence-electron chi connectivity index (χ3n) is 3.90. The fourth-order valence-corrected chi connectivity index (χ4v) is 4.56. The maximum Gasteiger partial charge on any atom is 0.357 e. The predicted molar refractivity (Wildman–Crippen MR) is 108 cm³/mol. The standard InChI is InChI=1S/C18H24N3O6P/c1-4-26-28(24,27-5-2)18(13-6-9-15(25-3)10-7-13)20-14-8-11-16(19)17(12-14)21(22)23/h6-12,18,20H,4-5,19H2,1-3H3/t18-/m1/s1. The van der Waals surface area contributed by atoms with Gasteiger partial charge in [0.1, 0.15) is 11.4 Å². The van der Waals surface area contributed by atoms with Crippen LogP contribution in [-0.2, 0) is 13.6 Å². The first-order chi connectivity index (χ1) is 13.3.